The Morgan fingerprint density at radius 3 is 2.81 bits per heavy atom. The van der Waals surface area contributed by atoms with Crippen molar-refractivity contribution in [1.82, 2.24) is 20.2 Å². The first-order valence-corrected chi connectivity index (χ1v) is 10.6. The van der Waals surface area contributed by atoms with Crippen molar-refractivity contribution in [2.45, 2.75) is 20.0 Å². The van der Waals surface area contributed by atoms with Gasteiger partial charge in [-0.2, -0.15) is 0 Å². The van der Waals surface area contributed by atoms with Crippen LogP contribution in [-0.4, -0.2) is 38.3 Å². The zero-order valence-corrected chi connectivity index (χ0v) is 17.7. The molecule has 0 atom stereocenters. The number of H-pyrrole nitrogens is 1. The van der Waals surface area contributed by atoms with E-state index >= 15 is 0 Å². The number of aromatic amines is 1. The molecule has 0 fully saturated rings. The smallest absolute Gasteiger partial charge is 0.251 e. The van der Waals surface area contributed by atoms with Crippen molar-refractivity contribution in [1.29, 1.82) is 0 Å². The number of amidine groups is 1. The third-order valence-electron chi connectivity index (χ3n) is 5.68. The summed E-state index contributed by atoms with van der Waals surface area (Å²) in [6, 6.07) is 19.0. The van der Waals surface area contributed by atoms with Crippen molar-refractivity contribution in [3.8, 4) is 5.88 Å². The first-order chi connectivity index (χ1) is 15.6. The van der Waals surface area contributed by atoms with Crippen molar-refractivity contribution in [3.05, 3.63) is 89.2 Å². The molecule has 0 saturated heterocycles. The highest BCUT2D eigenvalue weighted by Gasteiger charge is 2.25. The Bertz CT molecular complexity index is 1330. The lowest BCUT2D eigenvalue weighted by Crippen LogP contribution is -2.33. The monoisotopic (exact) mass is 425 g/mol. The minimum Gasteiger partial charge on any atom is -0.494 e. The number of nitrogens with one attached hydrogen (secondary N) is 2. The van der Waals surface area contributed by atoms with Gasteiger partial charge in [0.25, 0.3) is 5.91 Å². The summed E-state index contributed by atoms with van der Waals surface area (Å²) in [4.78, 5) is 26.9. The summed E-state index contributed by atoms with van der Waals surface area (Å²) in [5.41, 5.74) is 4.69. The summed E-state index contributed by atoms with van der Waals surface area (Å²) in [5.74, 6) is 0.567. The van der Waals surface area contributed by atoms with Gasteiger partial charge in [-0.1, -0.05) is 30.3 Å². The molecule has 0 bridgehead atoms. The van der Waals surface area contributed by atoms with Crippen molar-refractivity contribution in [2.24, 2.45) is 4.99 Å². The summed E-state index contributed by atoms with van der Waals surface area (Å²) in [6.07, 6.45) is 1.70. The molecule has 0 aliphatic carbocycles. The van der Waals surface area contributed by atoms with Crippen LogP contribution in [0.15, 0.2) is 71.9 Å². The van der Waals surface area contributed by atoms with Gasteiger partial charge in [-0.15, -0.1) is 0 Å². The van der Waals surface area contributed by atoms with Gasteiger partial charge >= 0.3 is 0 Å². The number of carbonyl (C=O) groups excluding carboxylic acids is 1. The van der Waals surface area contributed by atoms with Crippen molar-refractivity contribution < 1.29 is 9.90 Å². The van der Waals surface area contributed by atoms with E-state index in [1.807, 2.05) is 42.5 Å². The van der Waals surface area contributed by atoms with E-state index in [4.69, 9.17) is 4.99 Å². The Kier molecular flexibility index (Phi) is 5.07. The number of rotatable bonds is 5. The number of pyridine rings is 1. The van der Waals surface area contributed by atoms with E-state index in [2.05, 4.69) is 33.2 Å². The molecule has 7 heteroatoms. The molecule has 2 aromatic heterocycles. The van der Waals surface area contributed by atoms with Gasteiger partial charge in [0.05, 0.1) is 23.5 Å². The van der Waals surface area contributed by atoms with E-state index in [0.29, 0.717) is 23.2 Å². The van der Waals surface area contributed by atoms with Crippen LogP contribution in [0, 0.1) is 0 Å². The zero-order valence-electron chi connectivity index (χ0n) is 17.7. The quantitative estimate of drug-likeness (QED) is 0.449. The summed E-state index contributed by atoms with van der Waals surface area (Å²) in [6.45, 7) is 3.90. The molecule has 3 heterocycles. The van der Waals surface area contributed by atoms with Crippen LogP contribution in [0.5, 0.6) is 5.88 Å². The van der Waals surface area contributed by atoms with Crippen LogP contribution in [0.3, 0.4) is 0 Å². The Labute approximate surface area is 185 Å². The van der Waals surface area contributed by atoms with Crippen LogP contribution < -0.4 is 5.32 Å². The number of carbonyl (C=O) groups is 1. The molecule has 1 aliphatic heterocycles. The second-order valence-electron chi connectivity index (χ2n) is 7.69. The maximum absolute atomic E-state index is 12.6. The van der Waals surface area contributed by atoms with Gasteiger partial charge < -0.3 is 20.3 Å². The molecule has 0 radical (unpaired) electrons. The fraction of sp³-hybridized carbons (Fsp3) is 0.160. The van der Waals surface area contributed by atoms with Gasteiger partial charge in [-0.05, 0) is 42.8 Å². The number of hydrogen-bond donors (Lipinski definition) is 3. The molecule has 7 nitrogen and oxygen atoms in total. The number of benzene rings is 2. The number of hydrogen-bond acceptors (Lipinski definition) is 5. The highest BCUT2D eigenvalue weighted by molar-refractivity contribution is 6.14. The average Bonchev–Trinajstić information content (AvgIpc) is 3.16. The predicted molar refractivity (Wildman–Crippen MR) is 124 cm³/mol. The van der Waals surface area contributed by atoms with Crippen LogP contribution in [0.1, 0.15) is 34.1 Å². The topological polar surface area (TPSA) is 93.6 Å². The highest BCUT2D eigenvalue weighted by atomic mass is 16.3. The molecule has 5 rings (SSSR count). The summed E-state index contributed by atoms with van der Waals surface area (Å²) in [7, 11) is 0. The fourth-order valence-electron chi connectivity index (χ4n) is 4.02. The minimum atomic E-state index is -0.202. The summed E-state index contributed by atoms with van der Waals surface area (Å²) in [5, 5.41) is 14.5. The molecule has 160 valence electrons. The van der Waals surface area contributed by atoms with Gasteiger partial charge in [0, 0.05) is 35.8 Å². The molecule has 2 aromatic carbocycles. The van der Waals surface area contributed by atoms with E-state index in [1.165, 1.54) is 0 Å². The molecule has 4 aromatic rings. The number of aliphatic imine (C=N–C) groups is 1. The standard InChI is InChI=1S/C25H23N5O2/c1-2-30-15-17-7-3-4-9-20(17)28-23(30)22-19-11-10-16(13-21(19)29-25(22)32)24(31)27-14-18-8-5-6-12-26-18/h3-13,29,32H,2,14-15H2,1H3,(H,27,31). The number of amides is 1. The third kappa shape index (κ3) is 3.58. The molecule has 0 unspecified atom stereocenters. The lowest BCUT2D eigenvalue weighted by molar-refractivity contribution is 0.0950. The van der Waals surface area contributed by atoms with Crippen molar-refractivity contribution in [2.75, 3.05) is 6.54 Å². The van der Waals surface area contributed by atoms with Gasteiger partial charge in [-0.3, -0.25) is 9.78 Å². The summed E-state index contributed by atoms with van der Waals surface area (Å²) >= 11 is 0. The minimum absolute atomic E-state index is 0.0441. The first kappa shape index (κ1) is 19.8. The van der Waals surface area contributed by atoms with Crippen LogP contribution in [0.4, 0.5) is 5.69 Å². The van der Waals surface area contributed by atoms with Crippen molar-refractivity contribution in [3.63, 3.8) is 0 Å². The van der Waals surface area contributed by atoms with Crippen LogP contribution >= 0.6 is 0 Å². The number of aromatic nitrogens is 2. The lowest BCUT2D eigenvalue weighted by Gasteiger charge is -2.29. The predicted octanol–water partition coefficient (Wildman–Crippen LogP) is 4.11. The Morgan fingerprint density at radius 1 is 1.16 bits per heavy atom. The highest BCUT2D eigenvalue weighted by Crippen LogP contribution is 2.34. The Morgan fingerprint density at radius 2 is 2.00 bits per heavy atom. The fourth-order valence-corrected chi connectivity index (χ4v) is 4.02. The molecule has 32 heavy (non-hydrogen) atoms. The zero-order chi connectivity index (χ0) is 22.1. The molecular formula is C25H23N5O2. The van der Waals surface area contributed by atoms with Gasteiger partial charge in [0.1, 0.15) is 5.84 Å². The second kappa shape index (κ2) is 8.19. The number of aromatic hydroxyl groups is 1. The lowest BCUT2D eigenvalue weighted by atomic mass is 10.0. The molecule has 3 N–H and O–H groups in total. The maximum atomic E-state index is 12.6. The van der Waals surface area contributed by atoms with Gasteiger partial charge in [0.2, 0.25) is 5.88 Å². The normalized spacial score (nSPS) is 13.0. The summed E-state index contributed by atoms with van der Waals surface area (Å²) < 4.78 is 0. The van der Waals surface area contributed by atoms with Crippen LogP contribution in [-0.2, 0) is 13.1 Å². The van der Waals surface area contributed by atoms with E-state index in [-0.39, 0.29) is 11.8 Å². The SMILES string of the molecule is CCN1Cc2ccccc2N=C1c1c(O)[nH]c2cc(C(=O)NCc3ccccn3)ccc12. The third-order valence-corrected chi connectivity index (χ3v) is 5.68. The molecular weight excluding hydrogens is 402 g/mol. The average molecular weight is 425 g/mol. The van der Waals surface area contributed by atoms with Crippen LogP contribution in [0.25, 0.3) is 10.9 Å². The number of nitrogens with zero attached hydrogens (tertiary/aromatic N) is 3. The maximum Gasteiger partial charge on any atom is 0.251 e. The van der Waals surface area contributed by atoms with Crippen LogP contribution in [0.2, 0.25) is 0 Å². The van der Waals surface area contributed by atoms with Gasteiger partial charge in [-0.25, -0.2) is 4.99 Å². The molecule has 0 saturated carbocycles. The molecule has 0 spiro atoms. The Balaban J connectivity index is 1.47. The molecule has 1 aliphatic rings. The largest absolute Gasteiger partial charge is 0.494 e. The first-order valence-electron chi connectivity index (χ1n) is 10.6. The number of para-hydroxylation sites is 1. The van der Waals surface area contributed by atoms with E-state index in [0.717, 1.165) is 41.3 Å². The van der Waals surface area contributed by atoms with E-state index in [9.17, 15) is 9.90 Å². The van der Waals surface area contributed by atoms with E-state index in [1.54, 1.807) is 18.3 Å². The Hall–Kier alpha value is -4.13. The van der Waals surface area contributed by atoms with E-state index < -0.39 is 0 Å². The molecule has 1 amide bonds. The number of fused-ring (bicyclic) bond motifs is 2. The van der Waals surface area contributed by atoms with Gasteiger partial charge in [0.15, 0.2) is 0 Å². The van der Waals surface area contributed by atoms with Crippen molar-refractivity contribution >= 4 is 28.3 Å². The second-order valence-corrected chi connectivity index (χ2v) is 7.69.